The molecule has 17 heavy (non-hydrogen) atoms. The average molecular weight is 240 g/mol. The molecule has 0 spiro atoms. The Hall–Kier alpha value is -2.18. The van der Waals surface area contributed by atoms with Crippen molar-refractivity contribution in [1.29, 1.82) is 0 Å². The molecule has 0 aliphatic carbocycles. The molecule has 0 aromatic heterocycles. The van der Waals surface area contributed by atoms with Gasteiger partial charge in [-0.2, -0.15) is 0 Å². The van der Waals surface area contributed by atoms with Crippen molar-refractivity contribution in [3.63, 3.8) is 0 Å². The maximum absolute atomic E-state index is 10.4. The third-order valence-electron chi connectivity index (χ3n) is 2.26. The van der Waals surface area contributed by atoms with Crippen molar-refractivity contribution in [2.45, 2.75) is 26.7 Å². The summed E-state index contributed by atoms with van der Waals surface area (Å²) in [6.07, 6.45) is 0. The molecule has 0 bridgehead atoms. The van der Waals surface area contributed by atoms with E-state index in [2.05, 4.69) is 15.0 Å². The van der Waals surface area contributed by atoms with Gasteiger partial charge in [-0.1, -0.05) is 26.0 Å². The molecule has 7 heteroatoms. The normalized spacial score (nSPS) is 10.1. The third kappa shape index (κ3) is 2.90. The van der Waals surface area contributed by atoms with E-state index < -0.39 is 5.09 Å². The van der Waals surface area contributed by atoms with Crippen molar-refractivity contribution >= 4 is 0 Å². The molecule has 92 valence electrons. The van der Waals surface area contributed by atoms with E-state index in [1.165, 1.54) is 0 Å². The van der Waals surface area contributed by atoms with Gasteiger partial charge in [-0.3, -0.25) is 4.84 Å². The molecular formula is C10H12N2O5. The Morgan fingerprint density at radius 1 is 1.35 bits per heavy atom. The number of hydrogen-bond acceptors (Lipinski definition) is 6. The molecular weight excluding hydrogens is 228 g/mol. The van der Waals surface area contributed by atoms with Gasteiger partial charge in [0.2, 0.25) is 0 Å². The van der Waals surface area contributed by atoms with Crippen LogP contribution in [-0.2, 0) is 0 Å². The first-order valence-corrected chi connectivity index (χ1v) is 4.93. The minimum Gasteiger partial charge on any atom is -0.321 e. The molecule has 0 saturated carbocycles. The maximum Gasteiger partial charge on any atom is 0.299 e. The van der Waals surface area contributed by atoms with Crippen molar-refractivity contribution in [3.8, 4) is 11.5 Å². The summed E-state index contributed by atoms with van der Waals surface area (Å²) in [4.78, 5) is 29.5. The highest BCUT2D eigenvalue weighted by molar-refractivity contribution is 5.52. The molecule has 7 nitrogen and oxygen atoms in total. The Kier molecular flexibility index (Phi) is 3.97. The summed E-state index contributed by atoms with van der Waals surface area (Å²) in [5, 5.41) is 11.8. The molecule has 1 aromatic rings. The van der Waals surface area contributed by atoms with E-state index in [-0.39, 0.29) is 17.4 Å². The average Bonchev–Trinajstić information content (AvgIpc) is 2.22. The molecule has 0 heterocycles. The van der Waals surface area contributed by atoms with Crippen LogP contribution < -0.4 is 9.68 Å². The van der Waals surface area contributed by atoms with Crippen LogP contribution in [0.3, 0.4) is 0 Å². The lowest BCUT2D eigenvalue weighted by molar-refractivity contribution is -0.711. The number of nitrogens with zero attached hydrogens (tertiary/aromatic N) is 2. The van der Waals surface area contributed by atoms with Gasteiger partial charge < -0.3 is 4.84 Å². The van der Waals surface area contributed by atoms with Gasteiger partial charge >= 0.3 is 0 Å². The van der Waals surface area contributed by atoms with E-state index in [4.69, 9.17) is 0 Å². The van der Waals surface area contributed by atoms with Crippen LogP contribution in [0.4, 0.5) is 0 Å². The monoisotopic (exact) mass is 240 g/mol. The summed E-state index contributed by atoms with van der Waals surface area (Å²) >= 11 is 0. The van der Waals surface area contributed by atoms with Crippen LogP contribution in [0.15, 0.2) is 17.5 Å². The highest BCUT2D eigenvalue weighted by atomic mass is 17.0. The van der Waals surface area contributed by atoms with Crippen molar-refractivity contribution < 1.29 is 14.8 Å². The lowest BCUT2D eigenvalue weighted by Gasteiger charge is -2.14. The molecule has 0 radical (unpaired) electrons. The zero-order valence-electron chi connectivity index (χ0n) is 9.67. The lowest BCUT2D eigenvalue weighted by atomic mass is 10.00. The lowest BCUT2D eigenvalue weighted by Crippen LogP contribution is -2.08. The molecule has 0 saturated heterocycles. The van der Waals surface area contributed by atoms with Crippen molar-refractivity contribution in [2.75, 3.05) is 0 Å². The van der Waals surface area contributed by atoms with Crippen molar-refractivity contribution in [3.05, 3.63) is 38.3 Å². The highest BCUT2D eigenvalue weighted by Crippen LogP contribution is 2.38. The topological polar surface area (TPSA) is 91.0 Å². The Bertz CT molecular complexity index is 445. The first kappa shape index (κ1) is 12.9. The standard InChI is InChI=1S/C10H12N2O5/c1-6(2)8-5-4-7(3)9(16-11-13)10(8)17-12(14)15/h4-6H,1-3H3. The van der Waals surface area contributed by atoms with E-state index in [0.717, 1.165) is 0 Å². The zero-order chi connectivity index (χ0) is 13.0. The highest BCUT2D eigenvalue weighted by Gasteiger charge is 2.19. The molecule has 1 rings (SSSR count). The van der Waals surface area contributed by atoms with E-state index in [1.54, 1.807) is 19.1 Å². The summed E-state index contributed by atoms with van der Waals surface area (Å²) < 4.78 is 0. The van der Waals surface area contributed by atoms with Gasteiger partial charge in [0.15, 0.2) is 16.8 Å². The molecule has 0 aliphatic rings. The van der Waals surface area contributed by atoms with Gasteiger partial charge in [0.05, 0.1) is 0 Å². The summed E-state index contributed by atoms with van der Waals surface area (Å²) in [5.41, 5.74) is 1.11. The number of hydrogen-bond donors (Lipinski definition) is 0. The Labute approximate surface area is 97.4 Å². The van der Waals surface area contributed by atoms with Crippen LogP contribution >= 0.6 is 0 Å². The fourth-order valence-corrected chi connectivity index (χ4v) is 1.45. The number of benzene rings is 1. The van der Waals surface area contributed by atoms with Crippen LogP contribution in [0.2, 0.25) is 0 Å². The van der Waals surface area contributed by atoms with Crippen LogP contribution in [0, 0.1) is 21.9 Å². The van der Waals surface area contributed by atoms with Crippen LogP contribution in [-0.4, -0.2) is 5.09 Å². The van der Waals surface area contributed by atoms with Crippen molar-refractivity contribution in [1.82, 2.24) is 0 Å². The predicted octanol–water partition coefficient (Wildman–Crippen LogP) is 2.75. The second-order valence-electron chi connectivity index (χ2n) is 3.77. The minimum absolute atomic E-state index is 0.0143. The van der Waals surface area contributed by atoms with Crippen molar-refractivity contribution in [2.24, 2.45) is 5.34 Å². The fourth-order valence-electron chi connectivity index (χ4n) is 1.45. The van der Waals surface area contributed by atoms with Gasteiger partial charge in [-0.15, -0.1) is 15.0 Å². The third-order valence-corrected chi connectivity index (χ3v) is 2.26. The summed E-state index contributed by atoms with van der Waals surface area (Å²) in [6, 6.07) is 3.37. The van der Waals surface area contributed by atoms with Gasteiger partial charge in [-0.25, -0.2) is 0 Å². The quantitative estimate of drug-likeness (QED) is 0.448. The molecule has 0 N–H and O–H groups in total. The summed E-state index contributed by atoms with van der Waals surface area (Å²) in [5.74, 6) is -0.118. The molecule has 0 fully saturated rings. The number of aryl methyl sites for hydroxylation is 1. The zero-order valence-corrected chi connectivity index (χ0v) is 9.67. The van der Waals surface area contributed by atoms with E-state index in [1.807, 2.05) is 13.8 Å². The van der Waals surface area contributed by atoms with Gasteiger partial charge in [-0.05, 0) is 24.0 Å². The largest absolute Gasteiger partial charge is 0.321 e. The SMILES string of the molecule is Cc1ccc(C(C)C)c(O[N+](=O)[O-])c1ON=O. The summed E-state index contributed by atoms with van der Waals surface area (Å²) in [7, 11) is 0. The molecule has 0 unspecified atom stereocenters. The Morgan fingerprint density at radius 3 is 2.47 bits per heavy atom. The summed E-state index contributed by atoms with van der Waals surface area (Å²) in [6.45, 7) is 5.32. The van der Waals surface area contributed by atoms with Crippen LogP contribution in [0.5, 0.6) is 11.5 Å². The minimum atomic E-state index is -0.946. The van der Waals surface area contributed by atoms with Gasteiger partial charge in [0.1, 0.15) is 0 Å². The van der Waals surface area contributed by atoms with Crippen LogP contribution in [0.25, 0.3) is 0 Å². The Balaban J connectivity index is 3.37. The van der Waals surface area contributed by atoms with Gasteiger partial charge in [0, 0.05) is 0 Å². The predicted molar refractivity (Wildman–Crippen MR) is 59.3 cm³/mol. The Morgan fingerprint density at radius 2 is 2.00 bits per heavy atom. The molecule has 1 aromatic carbocycles. The van der Waals surface area contributed by atoms with E-state index in [9.17, 15) is 15.0 Å². The number of rotatable bonds is 5. The first-order valence-electron chi connectivity index (χ1n) is 4.93. The molecule has 0 amide bonds. The second-order valence-corrected chi connectivity index (χ2v) is 3.77. The van der Waals surface area contributed by atoms with Crippen LogP contribution in [0.1, 0.15) is 30.9 Å². The second kappa shape index (κ2) is 5.24. The molecule has 0 aliphatic heterocycles. The maximum atomic E-state index is 10.4. The van der Waals surface area contributed by atoms with E-state index in [0.29, 0.717) is 11.1 Å². The van der Waals surface area contributed by atoms with E-state index >= 15 is 0 Å². The van der Waals surface area contributed by atoms with Gasteiger partial charge in [0.25, 0.3) is 5.09 Å². The first-order chi connectivity index (χ1) is 7.97. The fraction of sp³-hybridized carbons (Fsp3) is 0.400. The smallest absolute Gasteiger partial charge is 0.299 e. The molecule has 0 atom stereocenters.